The highest BCUT2D eigenvalue weighted by molar-refractivity contribution is 7.18. The van der Waals surface area contributed by atoms with E-state index in [2.05, 4.69) is 15.4 Å². The van der Waals surface area contributed by atoms with E-state index in [0.717, 1.165) is 12.8 Å². The van der Waals surface area contributed by atoms with Gasteiger partial charge in [0.05, 0.1) is 28.4 Å². The molecular weight excluding hydrogens is 372 g/mol. The Hall–Kier alpha value is -2.80. The summed E-state index contributed by atoms with van der Waals surface area (Å²) in [5.74, 6) is -0.337. The van der Waals surface area contributed by atoms with Gasteiger partial charge in [-0.3, -0.25) is 19.6 Å². The average molecular weight is 395 g/mol. The summed E-state index contributed by atoms with van der Waals surface area (Å²) in [5.41, 5.74) is 1.74. The van der Waals surface area contributed by atoms with E-state index in [9.17, 15) is 9.59 Å². The monoisotopic (exact) mass is 394 g/mol. The first-order valence-corrected chi connectivity index (χ1v) is 10.4. The molecule has 1 aliphatic carbocycles. The molecule has 144 valence electrons. The first-order chi connectivity index (χ1) is 13.6. The van der Waals surface area contributed by atoms with Gasteiger partial charge in [0.2, 0.25) is 5.78 Å². The van der Waals surface area contributed by atoms with Crippen molar-refractivity contribution in [2.75, 3.05) is 5.32 Å². The predicted octanol–water partition coefficient (Wildman–Crippen LogP) is 4.64. The third kappa shape index (κ3) is 3.89. The Morgan fingerprint density at radius 1 is 1.11 bits per heavy atom. The fraction of sp³-hybridized carbons (Fsp3) is 0.333. The molecule has 1 amide bonds. The second kappa shape index (κ2) is 8.06. The van der Waals surface area contributed by atoms with Gasteiger partial charge >= 0.3 is 0 Å². The van der Waals surface area contributed by atoms with E-state index < -0.39 is 0 Å². The summed E-state index contributed by atoms with van der Waals surface area (Å²) in [5, 5.41) is 7.61. The molecule has 1 saturated carbocycles. The number of nitrogens with zero attached hydrogens (tertiary/aromatic N) is 3. The normalized spacial score (nSPS) is 14.8. The minimum Gasteiger partial charge on any atom is -0.298 e. The van der Waals surface area contributed by atoms with Crippen molar-refractivity contribution in [1.29, 1.82) is 0 Å². The largest absolute Gasteiger partial charge is 0.298 e. The van der Waals surface area contributed by atoms with Gasteiger partial charge in [0.15, 0.2) is 5.13 Å². The number of carbonyl (C=O) groups is 2. The van der Waals surface area contributed by atoms with Gasteiger partial charge in [-0.15, -0.1) is 0 Å². The number of nitrogens with one attached hydrogen (secondary N) is 1. The van der Waals surface area contributed by atoms with Crippen LogP contribution in [0.3, 0.4) is 0 Å². The van der Waals surface area contributed by atoms with Crippen molar-refractivity contribution in [2.45, 2.75) is 45.1 Å². The van der Waals surface area contributed by atoms with E-state index in [1.165, 1.54) is 30.6 Å². The van der Waals surface area contributed by atoms with Gasteiger partial charge in [0.1, 0.15) is 0 Å². The number of aromatic nitrogens is 3. The van der Waals surface area contributed by atoms with Gasteiger partial charge in [-0.05, 0) is 19.8 Å². The number of aryl methyl sites for hydroxylation is 1. The lowest BCUT2D eigenvalue weighted by atomic mass is 9.96. The number of ketones is 1. The summed E-state index contributed by atoms with van der Waals surface area (Å²) in [6, 6.07) is 9.47. The summed E-state index contributed by atoms with van der Waals surface area (Å²) in [6.07, 6.45) is 9.32. The van der Waals surface area contributed by atoms with Crippen molar-refractivity contribution in [1.82, 2.24) is 14.8 Å². The number of hydrogen-bond acceptors (Lipinski definition) is 5. The van der Waals surface area contributed by atoms with Crippen LogP contribution in [-0.4, -0.2) is 26.5 Å². The highest BCUT2D eigenvalue weighted by Gasteiger charge is 2.20. The SMILES string of the molecule is Cc1nc(NC(=O)c2cnn(C3CCCCC3)c2)sc1C(=O)c1ccccc1. The van der Waals surface area contributed by atoms with E-state index >= 15 is 0 Å². The molecule has 6 nitrogen and oxygen atoms in total. The number of rotatable bonds is 5. The number of anilines is 1. The summed E-state index contributed by atoms with van der Waals surface area (Å²) in [7, 11) is 0. The molecule has 1 fully saturated rings. The molecule has 1 aliphatic rings. The molecule has 7 heteroatoms. The maximum Gasteiger partial charge on any atom is 0.260 e. The summed E-state index contributed by atoms with van der Waals surface area (Å²) in [6.45, 7) is 1.78. The lowest BCUT2D eigenvalue weighted by molar-refractivity contribution is 0.102. The second-order valence-corrected chi connectivity index (χ2v) is 8.08. The molecule has 0 radical (unpaired) electrons. The first-order valence-electron chi connectivity index (χ1n) is 9.54. The van der Waals surface area contributed by atoms with Gasteiger partial charge < -0.3 is 0 Å². The molecule has 4 rings (SSSR count). The molecule has 2 aromatic heterocycles. The van der Waals surface area contributed by atoms with E-state index in [-0.39, 0.29) is 11.7 Å². The minimum atomic E-state index is -0.255. The van der Waals surface area contributed by atoms with Crippen LogP contribution in [0.1, 0.15) is 69.4 Å². The van der Waals surface area contributed by atoms with Gasteiger partial charge in [-0.2, -0.15) is 5.10 Å². The lowest BCUT2D eigenvalue weighted by Gasteiger charge is -2.21. The molecular formula is C21H22N4O2S. The average Bonchev–Trinajstić information content (AvgIpc) is 3.36. The number of amides is 1. The summed E-state index contributed by atoms with van der Waals surface area (Å²) < 4.78 is 1.91. The molecule has 1 N–H and O–H groups in total. The van der Waals surface area contributed by atoms with Gasteiger partial charge in [-0.25, -0.2) is 4.98 Å². The molecule has 0 aliphatic heterocycles. The smallest absolute Gasteiger partial charge is 0.260 e. The topological polar surface area (TPSA) is 76.9 Å². The Bertz CT molecular complexity index is 987. The van der Waals surface area contributed by atoms with Crippen LogP contribution in [0.4, 0.5) is 5.13 Å². The fourth-order valence-corrected chi connectivity index (χ4v) is 4.47. The Balaban J connectivity index is 1.47. The van der Waals surface area contributed by atoms with Crippen molar-refractivity contribution < 1.29 is 9.59 Å². The Kier molecular flexibility index (Phi) is 5.34. The van der Waals surface area contributed by atoms with Crippen molar-refractivity contribution in [2.24, 2.45) is 0 Å². The zero-order valence-electron chi connectivity index (χ0n) is 15.7. The van der Waals surface area contributed by atoms with Crippen molar-refractivity contribution in [3.8, 4) is 0 Å². The molecule has 1 aromatic carbocycles. The van der Waals surface area contributed by atoms with Crippen molar-refractivity contribution in [3.63, 3.8) is 0 Å². The molecule has 0 saturated heterocycles. The molecule has 0 atom stereocenters. The standard InChI is InChI=1S/C21H22N4O2S/c1-14-19(18(26)15-8-4-2-5-9-15)28-21(23-14)24-20(27)16-12-22-25(13-16)17-10-6-3-7-11-17/h2,4-5,8-9,12-13,17H,3,6-7,10-11H2,1H3,(H,23,24,27). The molecule has 3 aromatic rings. The molecule has 2 heterocycles. The van der Waals surface area contributed by atoms with Crippen LogP contribution < -0.4 is 5.32 Å². The van der Waals surface area contributed by atoms with Crippen LogP contribution in [0.15, 0.2) is 42.7 Å². The third-order valence-electron chi connectivity index (χ3n) is 5.07. The van der Waals surface area contributed by atoms with Gasteiger partial charge in [0, 0.05) is 11.8 Å². The second-order valence-electron chi connectivity index (χ2n) is 7.08. The van der Waals surface area contributed by atoms with Crippen LogP contribution in [0.2, 0.25) is 0 Å². The minimum absolute atomic E-state index is 0.0822. The zero-order valence-corrected chi connectivity index (χ0v) is 16.5. The van der Waals surface area contributed by atoms with Crippen LogP contribution in [0.5, 0.6) is 0 Å². The van der Waals surface area contributed by atoms with E-state index in [4.69, 9.17) is 0 Å². The number of thiazole rings is 1. The van der Waals surface area contributed by atoms with Crippen molar-refractivity contribution >= 4 is 28.2 Å². The number of carbonyl (C=O) groups excluding carboxylic acids is 2. The van der Waals surface area contributed by atoms with Gasteiger partial charge in [0.25, 0.3) is 5.91 Å². The number of benzene rings is 1. The molecule has 0 unspecified atom stereocenters. The van der Waals surface area contributed by atoms with Crippen LogP contribution in [0, 0.1) is 6.92 Å². The van der Waals surface area contributed by atoms with Crippen molar-refractivity contribution in [3.05, 3.63) is 64.4 Å². The highest BCUT2D eigenvalue weighted by Crippen LogP contribution is 2.28. The van der Waals surface area contributed by atoms with Gasteiger partial charge in [-0.1, -0.05) is 60.9 Å². The maximum absolute atomic E-state index is 12.7. The molecule has 0 spiro atoms. The van der Waals surface area contributed by atoms with Crippen LogP contribution >= 0.6 is 11.3 Å². The van der Waals surface area contributed by atoms with E-state index in [0.29, 0.717) is 32.9 Å². The third-order valence-corrected chi connectivity index (χ3v) is 6.14. The van der Waals surface area contributed by atoms with E-state index in [1.807, 2.05) is 29.1 Å². The maximum atomic E-state index is 12.7. The summed E-state index contributed by atoms with van der Waals surface area (Å²) in [4.78, 5) is 30.1. The van der Waals surface area contributed by atoms with Crippen LogP contribution in [0.25, 0.3) is 0 Å². The quantitative estimate of drug-likeness (QED) is 0.640. The predicted molar refractivity (Wildman–Crippen MR) is 109 cm³/mol. The Morgan fingerprint density at radius 2 is 1.86 bits per heavy atom. The summed E-state index contributed by atoms with van der Waals surface area (Å²) >= 11 is 1.20. The molecule has 0 bridgehead atoms. The highest BCUT2D eigenvalue weighted by atomic mass is 32.1. The zero-order chi connectivity index (χ0) is 19.5. The Labute approximate surface area is 167 Å². The first kappa shape index (κ1) is 18.6. The van der Waals surface area contributed by atoms with Crippen LogP contribution in [-0.2, 0) is 0 Å². The van der Waals surface area contributed by atoms with E-state index in [1.54, 1.807) is 25.3 Å². The molecule has 28 heavy (non-hydrogen) atoms. The lowest BCUT2D eigenvalue weighted by Crippen LogP contribution is -2.14. The number of hydrogen-bond donors (Lipinski definition) is 1. The fourth-order valence-electron chi connectivity index (χ4n) is 3.55. The Morgan fingerprint density at radius 3 is 2.61 bits per heavy atom.